The molecule has 0 spiro atoms. The molecule has 1 aliphatic heterocycles. The fourth-order valence-corrected chi connectivity index (χ4v) is 2.14. The van der Waals surface area contributed by atoms with E-state index in [0.29, 0.717) is 6.54 Å². The fraction of sp³-hybridized carbons (Fsp3) is 0.700. The molecule has 0 radical (unpaired) electrons. The van der Waals surface area contributed by atoms with Crippen LogP contribution in [0.1, 0.15) is 36.3 Å². The molecule has 1 aromatic rings. The second-order valence-electron chi connectivity index (χ2n) is 4.16. The Morgan fingerprint density at radius 3 is 3.00 bits per heavy atom. The normalized spacial score (nSPS) is 19.6. The molecule has 0 saturated carbocycles. The van der Waals surface area contributed by atoms with E-state index in [2.05, 4.69) is 25.4 Å². The number of methoxy groups -OCH3 is 1. The average Bonchev–Trinajstić information content (AvgIpc) is 2.92. The Labute approximate surface area is 104 Å². The van der Waals surface area contributed by atoms with Gasteiger partial charge < -0.3 is 9.64 Å². The van der Waals surface area contributed by atoms with Crippen LogP contribution in [0.25, 0.3) is 0 Å². The van der Waals surface area contributed by atoms with Gasteiger partial charge >= 0.3 is 5.97 Å². The number of tetrazole rings is 1. The van der Waals surface area contributed by atoms with Gasteiger partial charge in [0.15, 0.2) is 0 Å². The zero-order chi connectivity index (χ0) is 13.0. The van der Waals surface area contributed by atoms with Gasteiger partial charge in [0, 0.05) is 12.6 Å². The van der Waals surface area contributed by atoms with Crippen molar-refractivity contribution in [3.8, 4) is 0 Å². The van der Waals surface area contributed by atoms with Gasteiger partial charge in [0.25, 0.3) is 11.7 Å². The molecule has 1 saturated heterocycles. The minimum absolute atomic E-state index is 0.0340. The minimum Gasteiger partial charge on any atom is -0.469 e. The number of carbonyl (C=O) groups is 2. The lowest BCUT2D eigenvalue weighted by Crippen LogP contribution is -2.45. The Morgan fingerprint density at radius 2 is 2.33 bits per heavy atom. The maximum absolute atomic E-state index is 12.1. The molecule has 1 fully saturated rings. The molecule has 2 heterocycles. The lowest BCUT2D eigenvalue weighted by molar-refractivity contribution is -0.142. The maximum atomic E-state index is 12.1. The predicted molar refractivity (Wildman–Crippen MR) is 59.5 cm³/mol. The third kappa shape index (κ3) is 2.63. The van der Waals surface area contributed by atoms with E-state index in [1.54, 1.807) is 4.90 Å². The van der Waals surface area contributed by atoms with Gasteiger partial charge in [-0.05, 0) is 24.5 Å². The van der Waals surface area contributed by atoms with Gasteiger partial charge in [0.1, 0.15) is 0 Å². The highest BCUT2D eigenvalue weighted by atomic mass is 16.5. The number of nitrogens with one attached hydrogen (secondary N) is 1. The summed E-state index contributed by atoms with van der Waals surface area (Å²) in [6.45, 7) is 0.606. The van der Waals surface area contributed by atoms with Gasteiger partial charge in [-0.25, -0.2) is 0 Å². The van der Waals surface area contributed by atoms with E-state index in [-0.39, 0.29) is 30.2 Å². The molecule has 0 aliphatic carbocycles. The molecule has 18 heavy (non-hydrogen) atoms. The Hall–Kier alpha value is -1.99. The number of esters is 1. The predicted octanol–water partition coefficient (Wildman–Crippen LogP) is -0.242. The van der Waals surface area contributed by atoms with Gasteiger partial charge in [0.05, 0.1) is 13.5 Å². The summed E-state index contributed by atoms with van der Waals surface area (Å²) in [4.78, 5) is 25.1. The Balaban J connectivity index is 2.08. The Morgan fingerprint density at radius 1 is 1.50 bits per heavy atom. The van der Waals surface area contributed by atoms with E-state index in [1.165, 1.54) is 7.11 Å². The number of aromatic amines is 1. The van der Waals surface area contributed by atoms with E-state index in [4.69, 9.17) is 0 Å². The number of ether oxygens (including phenoxy) is 1. The molecule has 1 N–H and O–H groups in total. The van der Waals surface area contributed by atoms with Crippen molar-refractivity contribution in [2.45, 2.75) is 31.7 Å². The molecule has 1 aliphatic rings. The number of H-pyrrole nitrogens is 1. The first-order valence-electron chi connectivity index (χ1n) is 5.83. The standard InChI is InChI=1S/C10H15N5O3/c1-18-8(16)6-7-4-2-3-5-15(7)10(17)9-11-13-14-12-9/h7H,2-6H2,1H3,(H,11,12,13,14). The number of hydrogen-bond donors (Lipinski definition) is 1. The molecule has 0 bridgehead atoms. The summed E-state index contributed by atoms with van der Waals surface area (Å²) in [6.07, 6.45) is 2.91. The largest absolute Gasteiger partial charge is 0.469 e. The van der Waals surface area contributed by atoms with Crippen molar-refractivity contribution in [1.82, 2.24) is 25.5 Å². The first-order valence-corrected chi connectivity index (χ1v) is 5.83. The summed E-state index contributed by atoms with van der Waals surface area (Å²) < 4.78 is 4.65. The second-order valence-corrected chi connectivity index (χ2v) is 4.16. The zero-order valence-electron chi connectivity index (χ0n) is 10.1. The van der Waals surface area contributed by atoms with Crippen LogP contribution in [0.4, 0.5) is 0 Å². The lowest BCUT2D eigenvalue weighted by Gasteiger charge is -2.34. The highest BCUT2D eigenvalue weighted by Crippen LogP contribution is 2.21. The van der Waals surface area contributed by atoms with Crippen molar-refractivity contribution in [2.75, 3.05) is 13.7 Å². The number of rotatable bonds is 3. The lowest BCUT2D eigenvalue weighted by atomic mass is 9.99. The molecule has 1 amide bonds. The van der Waals surface area contributed by atoms with Crippen LogP contribution in [0.3, 0.4) is 0 Å². The number of amides is 1. The van der Waals surface area contributed by atoms with Crippen molar-refractivity contribution < 1.29 is 14.3 Å². The van der Waals surface area contributed by atoms with Crippen molar-refractivity contribution in [2.24, 2.45) is 0 Å². The van der Waals surface area contributed by atoms with Crippen molar-refractivity contribution in [3.63, 3.8) is 0 Å². The monoisotopic (exact) mass is 253 g/mol. The van der Waals surface area contributed by atoms with Crippen LogP contribution in [0.15, 0.2) is 0 Å². The molecule has 8 nitrogen and oxygen atoms in total. The third-order valence-corrected chi connectivity index (χ3v) is 3.05. The summed E-state index contributed by atoms with van der Waals surface area (Å²) in [5.41, 5.74) is 0. The van der Waals surface area contributed by atoms with Crippen LogP contribution in [0.5, 0.6) is 0 Å². The number of hydrogen-bond acceptors (Lipinski definition) is 6. The second kappa shape index (κ2) is 5.56. The fourth-order valence-electron chi connectivity index (χ4n) is 2.14. The highest BCUT2D eigenvalue weighted by Gasteiger charge is 2.31. The van der Waals surface area contributed by atoms with Crippen LogP contribution in [-0.2, 0) is 9.53 Å². The zero-order valence-corrected chi connectivity index (χ0v) is 10.1. The van der Waals surface area contributed by atoms with E-state index >= 15 is 0 Å². The maximum Gasteiger partial charge on any atom is 0.307 e. The van der Waals surface area contributed by atoms with Crippen molar-refractivity contribution >= 4 is 11.9 Å². The van der Waals surface area contributed by atoms with Crippen LogP contribution in [-0.4, -0.2) is 57.1 Å². The summed E-state index contributed by atoms with van der Waals surface area (Å²) in [5.74, 6) is -0.572. The molecular weight excluding hydrogens is 238 g/mol. The number of piperidine rings is 1. The van der Waals surface area contributed by atoms with E-state index in [9.17, 15) is 9.59 Å². The van der Waals surface area contributed by atoms with Crippen molar-refractivity contribution in [3.05, 3.63) is 5.82 Å². The van der Waals surface area contributed by atoms with E-state index in [1.807, 2.05) is 0 Å². The average molecular weight is 253 g/mol. The van der Waals surface area contributed by atoms with E-state index < -0.39 is 0 Å². The first kappa shape index (κ1) is 12.5. The molecule has 0 aromatic carbocycles. The number of nitrogens with zero attached hydrogens (tertiary/aromatic N) is 4. The topological polar surface area (TPSA) is 101 Å². The minimum atomic E-state index is -0.312. The molecule has 1 atom stereocenters. The Kier molecular flexibility index (Phi) is 3.85. The van der Waals surface area contributed by atoms with Gasteiger partial charge in [0.2, 0.25) is 0 Å². The smallest absolute Gasteiger partial charge is 0.307 e. The quantitative estimate of drug-likeness (QED) is 0.746. The van der Waals surface area contributed by atoms with Crippen molar-refractivity contribution in [1.29, 1.82) is 0 Å². The SMILES string of the molecule is COC(=O)CC1CCCCN1C(=O)c1nn[nH]n1. The van der Waals surface area contributed by atoms with Gasteiger partial charge in [-0.15, -0.1) is 10.2 Å². The number of carbonyl (C=O) groups excluding carboxylic acids is 2. The number of likely N-dealkylation sites (tertiary alicyclic amines) is 1. The summed E-state index contributed by atoms with van der Waals surface area (Å²) in [5, 5.41) is 13.0. The van der Waals surface area contributed by atoms with Crippen LogP contribution in [0.2, 0.25) is 0 Å². The molecule has 1 unspecified atom stereocenters. The van der Waals surface area contributed by atoms with Crippen LogP contribution in [0, 0.1) is 0 Å². The Bertz CT molecular complexity index is 419. The summed E-state index contributed by atoms with van der Waals surface area (Å²) in [6, 6.07) is -0.141. The van der Waals surface area contributed by atoms with Crippen LogP contribution >= 0.6 is 0 Å². The number of aromatic nitrogens is 4. The van der Waals surface area contributed by atoms with Crippen LogP contribution < -0.4 is 0 Å². The van der Waals surface area contributed by atoms with Gasteiger partial charge in [-0.3, -0.25) is 9.59 Å². The summed E-state index contributed by atoms with van der Waals surface area (Å²) in [7, 11) is 1.34. The molecular formula is C10H15N5O3. The molecule has 98 valence electrons. The molecule has 1 aromatic heterocycles. The van der Waals surface area contributed by atoms with Gasteiger partial charge in [-0.2, -0.15) is 5.21 Å². The third-order valence-electron chi connectivity index (χ3n) is 3.05. The van der Waals surface area contributed by atoms with E-state index in [0.717, 1.165) is 19.3 Å². The van der Waals surface area contributed by atoms with Gasteiger partial charge in [-0.1, -0.05) is 0 Å². The first-order chi connectivity index (χ1) is 8.72. The molecule has 8 heteroatoms. The molecule has 2 rings (SSSR count). The highest BCUT2D eigenvalue weighted by molar-refractivity contribution is 5.90. The summed E-state index contributed by atoms with van der Waals surface area (Å²) >= 11 is 0.